The number of benzene rings is 1. The van der Waals surface area contributed by atoms with E-state index >= 15 is 8.78 Å². The second-order valence-electron chi connectivity index (χ2n) is 7.55. The highest BCUT2D eigenvalue weighted by molar-refractivity contribution is 8.00. The number of hydrogen-bond acceptors (Lipinski definition) is 7. The number of rotatable bonds is 7. The molecule has 5 atom stereocenters. The second kappa shape index (κ2) is 8.55. The molecule has 2 aliphatic rings. The summed E-state index contributed by atoms with van der Waals surface area (Å²) in [6, 6.07) is 8.73. The molecule has 1 aromatic carbocycles. The van der Waals surface area contributed by atoms with E-state index in [0.29, 0.717) is 4.90 Å². The van der Waals surface area contributed by atoms with Crippen LogP contribution in [0.3, 0.4) is 0 Å². The number of carbonyl (C=O) groups excluding carboxylic acids is 2. The zero-order chi connectivity index (χ0) is 23.0. The maximum atomic E-state index is 15.9. The van der Waals surface area contributed by atoms with Crippen LogP contribution >= 0.6 is 11.8 Å². The summed E-state index contributed by atoms with van der Waals surface area (Å²) in [5, 5.41) is 9.97. The molecule has 0 saturated carbocycles. The Morgan fingerprint density at radius 1 is 1.19 bits per heavy atom. The van der Waals surface area contributed by atoms with Gasteiger partial charge in [-0.15, -0.1) is 11.8 Å². The minimum Gasteiger partial charge on any atom is -0.463 e. The van der Waals surface area contributed by atoms with Crippen LogP contribution in [0.1, 0.15) is 27.7 Å². The number of alkyl halides is 2. The SMILES string of the molecule is CCOC(=O)[C@]1(OC(=O)N(CC)CC)C(F)(F)[C@@H]2O[C@@]1(C)[C@H](O)[C@H]2Sc1ccccc1. The van der Waals surface area contributed by atoms with Crippen LogP contribution in [-0.4, -0.2) is 76.3 Å². The predicted octanol–water partition coefficient (Wildman–Crippen LogP) is 3.09. The summed E-state index contributed by atoms with van der Waals surface area (Å²) in [6.45, 7) is 6.10. The molecule has 0 aromatic heterocycles. The number of aliphatic hydroxyl groups is 1. The molecule has 3 rings (SSSR count). The van der Waals surface area contributed by atoms with Crippen LogP contribution < -0.4 is 0 Å². The predicted molar refractivity (Wildman–Crippen MR) is 109 cm³/mol. The van der Waals surface area contributed by atoms with Crippen LogP contribution in [0.4, 0.5) is 13.6 Å². The molecular formula is C21H27F2NO6S. The maximum Gasteiger partial charge on any atom is 0.411 e. The van der Waals surface area contributed by atoms with Gasteiger partial charge in [-0.25, -0.2) is 9.59 Å². The molecule has 0 spiro atoms. The van der Waals surface area contributed by atoms with Gasteiger partial charge in [0.25, 0.3) is 0 Å². The smallest absolute Gasteiger partial charge is 0.411 e. The van der Waals surface area contributed by atoms with Gasteiger partial charge in [-0.05, 0) is 39.8 Å². The van der Waals surface area contributed by atoms with Crippen molar-refractivity contribution >= 4 is 23.8 Å². The minimum absolute atomic E-state index is 0.190. The summed E-state index contributed by atoms with van der Waals surface area (Å²) in [7, 11) is 0. The number of fused-ring (bicyclic) bond motifs is 2. The van der Waals surface area contributed by atoms with Gasteiger partial charge >= 0.3 is 23.6 Å². The molecule has 31 heavy (non-hydrogen) atoms. The number of hydrogen-bond donors (Lipinski definition) is 1. The maximum absolute atomic E-state index is 15.9. The largest absolute Gasteiger partial charge is 0.463 e. The first-order valence-corrected chi connectivity index (χ1v) is 11.1. The van der Waals surface area contributed by atoms with E-state index in [1.165, 1.54) is 13.8 Å². The van der Waals surface area contributed by atoms with E-state index < -0.39 is 46.6 Å². The first-order chi connectivity index (χ1) is 14.6. The molecule has 10 heteroatoms. The van der Waals surface area contributed by atoms with Gasteiger partial charge in [0.2, 0.25) is 0 Å². The van der Waals surface area contributed by atoms with Crippen LogP contribution in [0.25, 0.3) is 0 Å². The molecule has 172 valence electrons. The fourth-order valence-electron chi connectivity index (χ4n) is 4.22. The number of thioether (sulfide) groups is 1. The summed E-state index contributed by atoms with van der Waals surface area (Å²) < 4.78 is 47.5. The molecule has 1 N–H and O–H groups in total. The van der Waals surface area contributed by atoms with Crippen molar-refractivity contribution in [2.24, 2.45) is 0 Å². The Labute approximate surface area is 184 Å². The zero-order valence-electron chi connectivity index (χ0n) is 17.8. The molecule has 0 unspecified atom stereocenters. The molecule has 2 heterocycles. The van der Waals surface area contributed by atoms with Gasteiger partial charge in [0.05, 0.1) is 11.9 Å². The second-order valence-corrected chi connectivity index (χ2v) is 8.80. The Bertz CT molecular complexity index is 823. The average Bonchev–Trinajstić information content (AvgIpc) is 3.09. The zero-order valence-corrected chi connectivity index (χ0v) is 18.7. The van der Waals surface area contributed by atoms with Crippen molar-refractivity contribution in [1.29, 1.82) is 0 Å². The first kappa shape index (κ1) is 23.7. The number of halogens is 2. The van der Waals surface area contributed by atoms with E-state index in [0.717, 1.165) is 16.7 Å². The Morgan fingerprint density at radius 2 is 1.81 bits per heavy atom. The van der Waals surface area contributed by atoms with Crippen LogP contribution in [0.2, 0.25) is 0 Å². The van der Waals surface area contributed by atoms with Gasteiger partial charge in [-0.3, -0.25) is 0 Å². The lowest BCUT2D eigenvalue weighted by atomic mass is 9.70. The Balaban J connectivity index is 2.04. The van der Waals surface area contributed by atoms with Gasteiger partial charge in [-0.1, -0.05) is 18.2 Å². The molecule has 1 aromatic rings. The van der Waals surface area contributed by atoms with Crippen molar-refractivity contribution in [2.75, 3.05) is 19.7 Å². The van der Waals surface area contributed by atoms with E-state index in [1.807, 2.05) is 0 Å². The number of aliphatic hydroxyl groups excluding tert-OH is 1. The van der Waals surface area contributed by atoms with E-state index in [-0.39, 0.29) is 19.7 Å². The normalized spacial score (nSPS) is 33.2. The van der Waals surface area contributed by atoms with Crippen LogP contribution in [0, 0.1) is 0 Å². The molecule has 2 aliphatic heterocycles. The molecule has 2 fully saturated rings. The molecule has 0 aliphatic carbocycles. The molecule has 1 amide bonds. The van der Waals surface area contributed by atoms with Gasteiger partial charge in [0.1, 0.15) is 17.8 Å². The molecule has 0 radical (unpaired) electrons. The third-order valence-corrected chi connectivity index (χ3v) is 7.23. The van der Waals surface area contributed by atoms with Crippen molar-refractivity contribution in [1.82, 2.24) is 4.90 Å². The van der Waals surface area contributed by atoms with Crippen LogP contribution in [0.5, 0.6) is 0 Å². The summed E-state index contributed by atoms with van der Waals surface area (Å²) >= 11 is 1.03. The number of ether oxygens (including phenoxy) is 3. The first-order valence-electron chi connectivity index (χ1n) is 10.2. The number of amides is 1. The minimum atomic E-state index is -3.94. The van der Waals surface area contributed by atoms with Gasteiger partial charge < -0.3 is 24.2 Å². The van der Waals surface area contributed by atoms with Gasteiger partial charge in [-0.2, -0.15) is 8.78 Å². The van der Waals surface area contributed by atoms with Crippen molar-refractivity contribution in [3.63, 3.8) is 0 Å². The summed E-state index contributed by atoms with van der Waals surface area (Å²) in [4.78, 5) is 27.4. The summed E-state index contributed by atoms with van der Waals surface area (Å²) in [6.07, 6.45) is -4.50. The van der Waals surface area contributed by atoms with E-state index in [9.17, 15) is 14.7 Å². The van der Waals surface area contributed by atoms with Gasteiger partial charge in [0.15, 0.2) is 0 Å². The topological polar surface area (TPSA) is 85.3 Å². The Kier molecular flexibility index (Phi) is 6.55. The van der Waals surface area contributed by atoms with Crippen molar-refractivity contribution in [3.05, 3.63) is 30.3 Å². The highest BCUT2D eigenvalue weighted by atomic mass is 32.2. The number of nitrogens with zero attached hydrogens (tertiary/aromatic N) is 1. The molecule has 2 saturated heterocycles. The van der Waals surface area contributed by atoms with Gasteiger partial charge in [0, 0.05) is 18.0 Å². The average molecular weight is 460 g/mol. The summed E-state index contributed by atoms with van der Waals surface area (Å²) in [5.41, 5.74) is -5.32. The lowest BCUT2D eigenvalue weighted by molar-refractivity contribution is -0.237. The Hall–Kier alpha value is -1.91. The van der Waals surface area contributed by atoms with Crippen molar-refractivity contribution in [2.45, 2.75) is 67.2 Å². The fourth-order valence-corrected chi connectivity index (χ4v) is 5.59. The third kappa shape index (κ3) is 3.39. The van der Waals surface area contributed by atoms with Crippen molar-refractivity contribution < 1.29 is 37.7 Å². The highest BCUT2D eigenvalue weighted by Gasteiger charge is 2.89. The summed E-state index contributed by atoms with van der Waals surface area (Å²) in [5.74, 6) is -5.38. The number of carbonyl (C=O) groups is 2. The van der Waals surface area contributed by atoms with E-state index in [1.54, 1.807) is 44.2 Å². The monoisotopic (exact) mass is 459 g/mol. The van der Waals surface area contributed by atoms with E-state index in [2.05, 4.69) is 0 Å². The molecule has 7 nitrogen and oxygen atoms in total. The number of esters is 1. The highest BCUT2D eigenvalue weighted by Crippen LogP contribution is 2.63. The standard InChI is InChI=1S/C21H27F2NO6S/c1-5-24(6-2)18(27)30-20(17(26)28-7-3)19(4)15(25)14(16(29-19)21(20,22)23)31-13-11-9-8-10-12-13/h8-12,14-16,25H,5-7H2,1-4H3/t14-,15-,16-,19+,20-/m1/s1. The van der Waals surface area contributed by atoms with Crippen molar-refractivity contribution in [3.8, 4) is 0 Å². The molecule has 2 bridgehead atoms. The van der Waals surface area contributed by atoms with E-state index in [4.69, 9.17) is 14.2 Å². The van der Waals surface area contributed by atoms with Crippen LogP contribution in [0.15, 0.2) is 35.2 Å². The fraction of sp³-hybridized carbons (Fsp3) is 0.619. The quantitative estimate of drug-likeness (QED) is 0.627. The molecular weight excluding hydrogens is 432 g/mol. The lowest BCUT2D eigenvalue weighted by Crippen LogP contribution is -2.75. The Morgan fingerprint density at radius 3 is 2.35 bits per heavy atom. The third-order valence-electron chi connectivity index (χ3n) is 5.91. The lowest BCUT2D eigenvalue weighted by Gasteiger charge is -2.46. The van der Waals surface area contributed by atoms with Crippen LogP contribution in [-0.2, 0) is 19.0 Å².